The number of rotatable bonds is 4. The number of ether oxygens (including phenoxy) is 1. The van der Waals surface area contributed by atoms with Gasteiger partial charge in [0.05, 0.1) is 10.5 Å². The summed E-state index contributed by atoms with van der Waals surface area (Å²) in [4.78, 5) is 22.6. The number of halogens is 1. The van der Waals surface area contributed by atoms with Crippen LogP contribution in [0, 0.1) is 0 Å². The average Bonchev–Trinajstić information content (AvgIpc) is 2.63. The highest BCUT2D eigenvalue weighted by Gasteiger charge is 2.40. The van der Waals surface area contributed by atoms with Crippen LogP contribution in [0.2, 0.25) is 0 Å². The molecule has 0 saturated carbocycles. The summed E-state index contributed by atoms with van der Waals surface area (Å²) in [6.45, 7) is 14.9. The van der Waals surface area contributed by atoms with Gasteiger partial charge in [0, 0.05) is 52.9 Å². The minimum Gasteiger partial charge on any atom is -0.444 e. The van der Waals surface area contributed by atoms with Crippen molar-refractivity contribution >= 4 is 45.9 Å². The van der Waals surface area contributed by atoms with Crippen molar-refractivity contribution in [2.24, 2.45) is 4.99 Å². The molecule has 0 aromatic carbocycles. The number of carbonyl (C=O) groups excluding carboxylic acids is 1. The van der Waals surface area contributed by atoms with E-state index in [0.717, 1.165) is 38.6 Å². The molecule has 182 valence electrons. The predicted octanol–water partition coefficient (Wildman–Crippen LogP) is 1.63. The first kappa shape index (κ1) is 28.2. The Balaban J connectivity index is 0.00000480. The van der Waals surface area contributed by atoms with Crippen LogP contribution in [0.3, 0.4) is 0 Å². The second-order valence-electron chi connectivity index (χ2n) is 9.64. The third kappa shape index (κ3) is 8.23. The van der Waals surface area contributed by atoms with E-state index in [4.69, 9.17) is 4.74 Å². The summed E-state index contributed by atoms with van der Waals surface area (Å²) >= 11 is 0. The lowest BCUT2D eigenvalue weighted by molar-refractivity contribution is 0.0145. The van der Waals surface area contributed by atoms with Gasteiger partial charge in [0.15, 0.2) is 15.8 Å². The maximum absolute atomic E-state index is 12.2. The molecule has 2 fully saturated rings. The van der Waals surface area contributed by atoms with E-state index in [9.17, 15) is 13.2 Å². The third-order valence-corrected chi connectivity index (χ3v) is 8.05. The molecular formula is C20H40IN5O4S. The number of hydrogen-bond donors (Lipinski definition) is 1. The maximum atomic E-state index is 12.2. The number of carbonyl (C=O) groups is 1. The highest BCUT2D eigenvalue weighted by molar-refractivity contribution is 14.0. The van der Waals surface area contributed by atoms with Crippen LogP contribution in [0.4, 0.5) is 4.79 Å². The lowest BCUT2D eigenvalue weighted by Gasteiger charge is -2.39. The van der Waals surface area contributed by atoms with E-state index < -0.39 is 20.2 Å². The smallest absolute Gasteiger partial charge is 0.410 e. The molecule has 2 heterocycles. The van der Waals surface area contributed by atoms with E-state index in [1.165, 1.54) is 0 Å². The summed E-state index contributed by atoms with van der Waals surface area (Å²) in [6, 6.07) is 0. The van der Waals surface area contributed by atoms with Crippen LogP contribution in [0.1, 0.15) is 41.0 Å². The fourth-order valence-corrected chi connectivity index (χ4v) is 5.01. The van der Waals surface area contributed by atoms with Crippen LogP contribution in [0.5, 0.6) is 0 Å². The number of hydrogen-bond acceptors (Lipinski definition) is 6. The Hall–Kier alpha value is -0.820. The lowest BCUT2D eigenvalue weighted by Crippen LogP contribution is -2.57. The Bertz CT molecular complexity index is 728. The monoisotopic (exact) mass is 573 g/mol. The minimum atomic E-state index is -3.06. The molecule has 0 radical (unpaired) electrons. The number of piperazine rings is 1. The van der Waals surface area contributed by atoms with Crippen LogP contribution < -0.4 is 5.32 Å². The Kier molecular flexibility index (Phi) is 10.3. The number of amides is 1. The molecule has 9 nitrogen and oxygen atoms in total. The van der Waals surface area contributed by atoms with Gasteiger partial charge in [-0.1, -0.05) is 0 Å². The molecule has 2 aliphatic heterocycles. The Morgan fingerprint density at radius 3 is 2.23 bits per heavy atom. The van der Waals surface area contributed by atoms with Crippen molar-refractivity contribution in [3.63, 3.8) is 0 Å². The molecule has 11 heteroatoms. The van der Waals surface area contributed by atoms with Crippen LogP contribution >= 0.6 is 24.0 Å². The van der Waals surface area contributed by atoms with E-state index in [2.05, 4.69) is 15.2 Å². The second kappa shape index (κ2) is 11.4. The van der Waals surface area contributed by atoms with Gasteiger partial charge in [-0.05, 0) is 47.6 Å². The van der Waals surface area contributed by atoms with Crippen LogP contribution in [-0.2, 0) is 14.6 Å². The minimum absolute atomic E-state index is 0. The van der Waals surface area contributed by atoms with Gasteiger partial charge in [-0.25, -0.2) is 13.2 Å². The third-order valence-electron chi connectivity index (χ3n) is 5.51. The molecule has 0 atom stereocenters. The largest absolute Gasteiger partial charge is 0.444 e. The standard InChI is InChI=1S/C20H39N5O4S.HI/c1-19(2,3)29-18(26)24-12-10-23(11-13-24)9-7-8-22-17(21-6)25-14-15-30(27,28)20(4,5)16-25;/h7-16H2,1-6H3,(H,21,22);1H. The zero-order valence-corrected chi connectivity index (χ0v) is 23.0. The van der Waals surface area contributed by atoms with Crippen molar-refractivity contribution < 1.29 is 17.9 Å². The molecule has 2 aliphatic rings. The van der Waals surface area contributed by atoms with Crippen molar-refractivity contribution in [1.29, 1.82) is 0 Å². The summed E-state index contributed by atoms with van der Waals surface area (Å²) in [5.41, 5.74) is -0.466. The SMILES string of the molecule is CN=C(NCCCN1CCN(C(=O)OC(C)(C)C)CC1)N1CCS(=O)(=O)C(C)(C)C1.I. The predicted molar refractivity (Wildman–Crippen MR) is 135 cm³/mol. The molecule has 31 heavy (non-hydrogen) atoms. The number of nitrogens with zero attached hydrogens (tertiary/aromatic N) is 4. The lowest BCUT2D eigenvalue weighted by atomic mass is 10.2. The van der Waals surface area contributed by atoms with Gasteiger partial charge in [0.1, 0.15) is 5.60 Å². The number of nitrogens with one attached hydrogen (secondary N) is 1. The fraction of sp³-hybridized carbons (Fsp3) is 0.900. The number of guanidine groups is 1. The van der Waals surface area contributed by atoms with Crippen LogP contribution in [0.25, 0.3) is 0 Å². The van der Waals surface area contributed by atoms with E-state index >= 15 is 0 Å². The summed E-state index contributed by atoms with van der Waals surface area (Å²) in [5.74, 6) is 0.913. The maximum Gasteiger partial charge on any atom is 0.410 e. The molecule has 1 N–H and O–H groups in total. The molecule has 0 bridgehead atoms. The van der Waals surface area contributed by atoms with E-state index in [0.29, 0.717) is 26.2 Å². The van der Waals surface area contributed by atoms with Crippen molar-refractivity contribution in [2.75, 3.05) is 65.2 Å². The fourth-order valence-electron chi connectivity index (χ4n) is 3.64. The number of sulfone groups is 1. The first-order chi connectivity index (χ1) is 13.8. The molecule has 2 rings (SSSR count). The van der Waals surface area contributed by atoms with Crippen molar-refractivity contribution in [2.45, 2.75) is 51.4 Å². The zero-order valence-electron chi connectivity index (χ0n) is 19.8. The summed E-state index contributed by atoms with van der Waals surface area (Å²) in [7, 11) is -1.33. The normalized spacial score (nSPS) is 21.9. The highest BCUT2D eigenvalue weighted by atomic mass is 127. The van der Waals surface area contributed by atoms with Crippen LogP contribution in [-0.4, -0.2) is 111 Å². The summed E-state index contributed by atoms with van der Waals surface area (Å²) in [5, 5.41) is 3.37. The molecular weight excluding hydrogens is 533 g/mol. The van der Waals surface area contributed by atoms with E-state index in [1.54, 1.807) is 25.8 Å². The van der Waals surface area contributed by atoms with Crippen LogP contribution in [0.15, 0.2) is 4.99 Å². The molecule has 0 unspecified atom stereocenters. The van der Waals surface area contributed by atoms with Crippen molar-refractivity contribution in [3.05, 3.63) is 0 Å². The molecule has 2 saturated heterocycles. The molecule has 0 aromatic heterocycles. The van der Waals surface area contributed by atoms with Gasteiger partial charge in [-0.3, -0.25) is 9.89 Å². The van der Waals surface area contributed by atoms with Crippen molar-refractivity contribution in [1.82, 2.24) is 20.0 Å². The van der Waals surface area contributed by atoms with Gasteiger partial charge in [-0.15, -0.1) is 24.0 Å². The Labute approximate surface area is 204 Å². The van der Waals surface area contributed by atoms with Crippen molar-refractivity contribution in [3.8, 4) is 0 Å². The Morgan fingerprint density at radius 1 is 1.10 bits per heavy atom. The second-order valence-corrected chi connectivity index (χ2v) is 12.4. The number of aliphatic imine (C=N–C) groups is 1. The molecule has 1 amide bonds. The van der Waals surface area contributed by atoms with E-state index in [-0.39, 0.29) is 35.8 Å². The van der Waals surface area contributed by atoms with Gasteiger partial charge in [0.2, 0.25) is 0 Å². The molecule has 0 spiro atoms. The molecule has 0 aromatic rings. The quantitative estimate of drug-likeness (QED) is 0.237. The van der Waals surface area contributed by atoms with Gasteiger partial charge < -0.3 is 19.9 Å². The first-order valence-electron chi connectivity index (χ1n) is 10.7. The Morgan fingerprint density at radius 2 is 1.71 bits per heavy atom. The topological polar surface area (TPSA) is 94.6 Å². The first-order valence-corrected chi connectivity index (χ1v) is 12.4. The average molecular weight is 574 g/mol. The highest BCUT2D eigenvalue weighted by Crippen LogP contribution is 2.23. The van der Waals surface area contributed by atoms with Gasteiger partial charge >= 0.3 is 6.09 Å². The summed E-state index contributed by atoms with van der Waals surface area (Å²) in [6.07, 6.45) is 0.708. The van der Waals surface area contributed by atoms with Gasteiger partial charge in [-0.2, -0.15) is 0 Å². The van der Waals surface area contributed by atoms with E-state index in [1.807, 2.05) is 25.7 Å². The molecule has 0 aliphatic carbocycles. The zero-order chi connectivity index (χ0) is 22.6. The van der Waals surface area contributed by atoms with Gasteiger partial charge in [0.25, 0.3) is 0 Å². The summed E-state index contributed by atoms with van der Waals surface area (Å²) < 4.78 is 29.1.